The first kappa shape index (κ1) is 20.8. The van der Waals surface area contributed by atoms with Crippen molar-refractivity contribution in [2.45, 2.75) is 37.3 Å². The molecule has 0 radical (unpaired) electrons. The van der Waals surface area contributed by atoms with Crippen molar-refractivity contribution >= 4 is 33.0 Å². The molecule has 0 aliphatic carbocycles. The Hall–Kier alpha value is -2.94. The van der Waals surface area contributed by atoms with E-state index >= 15 is 0 Å². The first-order chi connectivity index (χ1) is 13.6. The molecule has 1 aliphatic heterocycles. The lowest BCUT2D eigenvalue weighted by molar-refractivity contribution is -0.118. The fourth-order valence-corrected chi connectivity index (χ4v) is 4.58. The van der Waals surface area contributed by atoms with Crippen molar-refractivity contribution in [2.75, 3.05) is 17.2 Å². The highest BCUT2D eigenvalue weighted by atomic mass is 32.2. The molecule has 9 heteroatoms. The maximum absolute atomic E-state index is 13.6. The number of amides is 2. The van der Waals surface area contributed by atoms with Gasteiger partial charge in [0.1, 0.15) is 11.6 Å². The van der Waals surface area contributed by atoms with Crippen LogP contribution in [-0.2, 0) is 19.4 Å². The molecule has 2 N–H and O–H groups in total. The summed E-state index contributed by atoms with van der Waals surface area (Å²) in [5.41, 5.74) is 1.55. The maximum atomic E-state index is 13.6. The Bertz CT molecular complexity index is 1100. The predicted molar refractivity (Wildman–Crippen MR) is 106 cm³/mol. The van der Waals surface area contributed by atoms with Crippen LogP contribution in [0.2, 0.25) is 0 Å². The second-order valence-corrected chi connectivity index (χ2v) is 9.36. The zero-order valence-electron chi connectivity index (χ0n) is 16.2. The molecule has 1 aliphatic rings. The molecule has 0 aromatic heterocycles. The van der Waals surface area contributed by atoms with E-state index in [1.165, 1.54) is 31.2 Å². The van der Waals surface area contributed by atoms with Gasteiger partial charge < -0.3 is 15.4 Å². The van der Waals surface area contributed by atoms with E-state index in [9.17, 15) is 22.4 Å². The van der Waals surface area contributed by atoms with Crippen LogP contribution in [0.3, 0.4) is 0 Å². The van der Waals surface area contributed by atoms with Crippen molar-refractivity contribution in [1.82, 2.24) is 0 Å². The van der Waals surface area contributed by atoms with Gasteiger partial charge >= 0.3 is 0 Å². The fourth-order valence-electron chi connectivity index (χ4n) is 2.99. The maximum Gasteiger partial charge on any atom is 0.262 e. The summed E-state index contributed by atoms with van der Waals surface area (Å²) in [5, 5.41) is 4.12. The number of halogens is 1. The van der Waals surface area contributed by atoms with E-state index in [0.29, 0.717) is 16.8 Å². The highest BCUT2D eigenvalue weighted by Crippen LogP contribution is 2.34. The van der Waals surface area contributed by atoms with E-state index in [1.54, 1.807) is 19.9 Å². The molecule has 2 amide bonds. The lowest BCUT2D eigenvalue weighted by Crippen LogP contribution is -2.27. The average Bonchev–Trinajstić information content (AvgIpc) is 2.63. The molecule has 2 aromatic rings. The van der Waals surface area contributed by atoms with E-state index < -0.39 is 26.8 Å². The second-order valence-electron chi connectivity index (χ2n) is 7.02. The molecule has 0 saturated carbocycles. The first-order valence-corrected chi connectivity index (χ1v) is 10.5. The predicted octanol–water partition coefficient (Wildman–Crippen LogP) is 2.96. The van der Waals surface area contributed by atoms with Crippen LogP contribution in [0.25, 0.3) is 0 Å². The zero-order valence-corrected chi connectivity index (χ0v) is 17.0. The minimum atomic E-state index is -3.85. The molecular weight excluding hydrogens is 399 g/mol. The average molecular weight is 420 g/mol. The number of carbonyl (C=O) groups excluding carboxylic acids is 2. The van der Waals surface area contributed by atoms with Crippen LogP contribution in [0.4, 0.5) is 15.8 Å². The molecule has 0 bridgehead atoms. The minimum absolute atomic E-state index is 0.0362. The Labute approximate surface area is 168 Å². The monoisotopic (exact) mass is 420 g/mol. The van der Waals surface area contributed by atoms with Crippen molar-refractivity contribution in [3.63, 3.8) is 0 Å². The third-order valence-electron chi connectivity index (χ3n) is 4.67. The lowest BCUT2D eigenvalue weighted by atomic mass is 10.2. The summed E-state index contributed by atoms with van der Waals surface area (Å²) in [6, 6.07) is 7.16. The highest BCUT2D eigenvalue weighted by Gasteiger charge is 2.29. The second kappa shape index (κ2) is 7.82. The van der Waals surface area contributed by atoms with Crippen LogP contribution in [-0.4, -0.2) is 32.1 Å². The zero-order chi connectivity index (χ0) is 21.3. The number of carbonyl (C=O) groups is 2. The smallest absolute Gasteiger partial charge is 0.262 e. The van der Waals surface area contributed by atoms with E-state index in [4.69, 9.17) is 4.74 Å². The van der Waals surface area contributed by atoms with Crippen molar-refractivity contribution < 1.29 is 27.1 Å². The van der Waals surface area contributed by atoms with Crippen LogP contribution >= 0.6 is 0 Å². The standard InChI is InChI=1S/C20H21FN2O5S/c1-11-4-5-14(8-15(11)21)22-19(24)7-13(3)29(26,27)18-9-17-16(6-12(18)2)23-20(25)10-28-17/h4-6,8-9,13H,7,10H2,1-3H3,(H,22,24)(H,23,25). The van der Waals surface area contributed by atoms with Crippen molar-refractivity contribution in [3.8, 4) is 5.75 Å². The molecule has 0 saturated heterocycles. The van der Waals surface area contributed by atoms with Gasteiger partial charge in [0.25, 0.3) is 5.91 Å². The SMILES string of the molecule is Cc1ccc(NC(=O)CC(C)S(=O)(=O)c2cc3c(cc2C)NC(=O)CO3)cc1F. The minimum Gasteiger partial charge on any atom is -0.482 e. The Kier molecular flexibility index (Phi) is 5.61. The Morgan fingerprint density at radius 3 is 2.66 bits per heavy atom. The van der Waals surface area contributed by atoms with Crippen molar-refractivity contribution in [3.05, 3.63) is 47.3 Å². The molecule has 3 rings (SSSR count). The number of benzene rings is 2. The van der Waals surface area contributed by atoms with Crippen LogP contribution in [0, 0.1) is 19.7 Å². The van der Waals surface area contributed by atoms with Crippen LogP contribution in [0.5, 0.6) is 5.75 Å². The van der Waals surface area contributed by atoms with Gasteiger partial charge in [-0.3, -0.25) is 9.59 Å². The van der Waals surface area contributed by atoms with Gasteiger partial charge in [-0.1, -0.05) is 6.07 Å². The number of fused-ring (bicyclic) bond motifs is 1. The van der Waals surface area contributed by atoms with Gasteiger partial charge in [-0.25, -0.2) is 12.8 Å². The molecule has 2 aromatic carbocycles. The summed E-state index contributed by atoms with van der Waals surface area (Å²) in [7, 11) is -3.85. The topological polar surface area (TPSA) is 102 Å². The number of hydrogen-bond donors (Lipinski definition) is 2. The number of ether oxygens (including phenoxy) is 1. The van der Waals surface area contributed by atoms with E-state index in [0.717, 1.165) is 0 Å². The largest absolute Gasteiger partial charge is 0.482 e. The van der Waals surface area contributed by atoms with Crippen molar-refractivity contribution in [1.29, 1.82) is 0 Å². The highest BCUT2D eigenvalue weighted by molar-refractivity contribution is 7.92. The summed E-state index contributed by atoms with van der Waals surface area (Å²) in [6.07, 6.45) is -0.300. The van der Waals surface area contributed by atoms with Gasteiger partial charge in [0.2, 0.25) is 5.91 Å². The van der Waals surface area contributed by atoms with E-state index in [1.807, 2.05) is 0 Å². The quantitative estimate of drug-likeness (QED) is 0.774. The molecule has 0 spiro atoms. The fraction of sp³-hybridized carbons (Fsp3) is 0.300. The van der Waals surface area contributed by atoms with Crippen LogP contribution in [0.1, 0.15) is 24.5 Å². The summed E-state index contributed by atoms with van der Waals surface area (Å²) in [4.78, 5) is 23.7. The number of sulfone groups is 1. The van der Waals surface area contributed by atoms with Gasteiger partial charge in [-0.15, -0.1) is 0 Å². The summed E-state index contributed by atoms with van der Waals surface area (Å²) in [6.45, 7) is 4.45. The molecule has 1 heterocycles. The molecule has 1 unspecified atom stereocenters. The molecule has 154 valence electrons. The Balaban J connectivity index is 1.77. The third kappa shape index (κ3) is 4.40. The third-order valence-corrected chi connectivity index (χ3v) is 6.95. The van der Waals surface area contributed by atoms with E-state index in [-0.39, 0.29) is 35.3 Å². The normalized spacial score (nSPS) is 14.4. The van der Waals surface area contributed by atoms with E-state index in [2.05, 4.69) is 10.6 Å². The molecule has 1 atom stereocenters. The van der Waals surface area contributed by atoms with Gasteiger partial charge in [0.05, 0.1) is 15.8 Å². The number of nitrogens with one attached hydrogen (secondary N) is 2. The number of rotatable bonds is 5. The summed E-state index contributed by atoms with van der Waals surface area (Å²) in [5.74, 6) is -1.05. The van der Waals surface area contributed by atoms with Gasteiger partial charge in [0, 0.05) is 18.2 Å². The molecular formula is C20H21FN2O5S. The van der Waals surface area contributed by atoms with Gasteiger partial charge in [0.15, 0.2) is 16.4 Å². The van der Waals surface area contributed by atoms with Gasteiger partial charge in [-0.2, -0.15) is 0 Å². The Morgan fingerprint density at radius 1 is 1.24 bits per heavy atom. The number of hydrogen-bond acceptors (Lipinski definition) is 5. The first-order valence-electron chi connectivity index (χ1n) is 8.95. The Morgan fingerprint density at radius 2 is 1.97 bits per heavy atom. The lowest BCUT2D eigenvalue weighted by Gasteiger charge is -2.21. The molecule has 0 fully saturated rings. The van der Waals surface area contributed by atoms with Gasteiger partial charge in [-0.05, 0) is 50.1 Å². The summed E-state index contributed by atoms with van der Waals surface area (Å²) < 4.78 is 44.9. The van der Waals surface area contributed by atoms with Crippen LogP contribution in [0.15, 0.2) is 35.2 Å². The van der Waals surface area contributed by atoms with Crippen molar-refractivity contribution in [2.24, 2.45) is 0 Å². The molecule has 7 nitrogen and oxygen atoms in total. The van der Waals surface area contributed by atoms with Crippen LogP contribution < -0.4 is 15.4 Å². The number of anilines is 2. The summed E-state index contributed by atoms with van der Waals surface area (Å²) >= 11 is 0. The number of aryl methyl sites for hydroxylation is 2. The molecule has 29 heavy (non-hydrogen) atoms.